The van der Waals surface area contributed by atoms with Crippen molar-refractivity contribution in [3.63, 3.8) is 0 Å². The Hall–Kier alpha value is -0.140. The van der Waals surface area contributed by atoms with Gasteiger partial charge in [-0.1, -0.05) is 12.5 Å². The fraction of sp³-hybridized carbons (Fsp3) is 0.600. The van der Waals surface area contributed by atoms with Gasteiger partial charge in [-0.25, -0.2) is 13.1 Å². The molecule has 0 aromatic carbocycles. The van der Waals surface area contributed by atoms with Crippen LogP contribution < -0.4 is 10.5 Å². The van der Waals surface area contributed by atoms with Crippen molar-refractivity contribution in [1.29, 1.82) is 0 Å². The summed E-state index contributed by atoms with van der Waals surface area (Å²) < 4.78 is 27.1. The van der Waals surface area contributed by atoms with E-state index in [1.807, 2.05) is 0 Å². The average Bonchev–Trinajstić information content (AvgIpc) is 2.86. The Labute approximate surface area is 112 Å². The van der Waals surface area contributed by atoms with E-state index in [4.69, 9.17) is 5.73 Å². The summed E-state index contributed by atoms with van der Waals surface area (Å²) in [4.78, 5) is 0. The van der Waals surface area contributed by atoms with E-state index in [2.05, 4.69) is 4.72 Å². The van der Waals surface area contributed by atoms with E-state index in [9.17, 15) is 8.42 Å². The van der Waals surface area contributed by atoms with Gasteiger partial charge in [0.15, 0.2) is 0 Å². The molecule has 1 saturated carbocycles. The first-order valence-corrected chi connectivity index (χ1v) is 7.75. The number of nitrogens with one attached hydrogen (secondary N) is 1. The van der Waals surface area contributed by atoms with Crippen LogP contribution in [-0.2, 0) is 10.0 Å². The zero-order chi connectivity index (χ0) is 11.6. The largest absolute Gasteiger partial charge is 0.330 e. The van der Waals surface area contributed by atoms with Crippen molar-refractivity contribution in [2.75, 3.05) is 6.54 Å². The molecule has 0 saturated heterocycles. The molecule has 1 aliphatic carbocycles. The Kier molecular flexibility index (Phi) is 5.40. The molecule has 1 aromatic heterocycles. The summed E-state index contributed by atoms with van der Waals surface area (Å²) >= 11 is 1.24. The highest BCUT2D eigenvalue weighted by molar-refractivity contribution is 7.91. The molecule has 2 unspecified atom stereocenters. The van der Waals surface area contributed by atoms with Crippen LogP contribution in [0.5, 0.6) is 0 Å². The first kappa shape index (κ1) is 14.9. The Morgan fingerprint density at radius 2 is 2.24 bits per heavy atom. The van der Waals surface area contributed by atoms with Crippen LogP contribution in [0.15, 0.2) is 21.7 Å². The minimum Gasteiger partial charge on any atom is -0.330 e. The predicted molar refractivity (Wildman–Crippen MR) is 72.1 cm³/mol. The fourth-order valence-electron chi connectivity index (χ4n) is 2.15. The molecule has 17 heavy (non-hydrogen) atoms. The monoisotopic (exact) mass is 296 g/mol. The van der Waals surface area contributed by atoms with Gasteiger partial charge >= 0.3 is 0 Å². The van der Waals surface area contributed by atoms with Gasteiger partial charge in [-0.05, 0) is 36.8 Å². The van der Waals surface area contributed by atoms with Crippen LogP contribution >= 0.6 is 23.7 Å². The maximum absolute atomic E-state index is 12.0. The lowest BCUT2D eigenvalue weighted by Crippen LogP contribution is -2.39. The molecule has 1 aromatic rings. The number of nitrogens with two attached hydrogens (primary N) is 1. The van der Waals surface area contributed by atoms with Gasteiger partial charge in [0, 0.05) is 6.04 Å². The standard InChI is InChI=1S/C10H16N2O2S2.ClH/c11-7-8-3-1-4-9(8)12-16(13,14)10-5-2-6-15-10;/h2,5-6,8-9,12H,1,3-4,7,11H2;1H. The lowest BCUT2D eigenvalue weighted by Gasteiger charge is -2.18. The van der Waals surface area contributed by atoms with Crippen LogP contribution in [0.25, 0.3) is 0 Å². The summed E-state index contributed by atoms with van der Waals surface area (Å²) in [5, 5.41) is 1.77. The van der Waals surface area contributed by atoms with Gasteiger partial charge in [0.2, 0.25) is 10.0 Å². The van der Waals surface area contributed by atoms with Gasteiger partial charge in [0.1, 0.15) is 4.21 Å². The first-order chi connectivity index (χ1) is 7.63. The number of sulfonamides is 1. The molecular weight excluding hydrogens is 280 g/mol. The lowest BCUT2D eigenvalue weighted by atomic mass is 10.1. The molecule has 0 spiro atoms. The van der Waals surface area contributed by atoms with Crippen molar-refractivity contribution >= 4 is 33.8 Å². The topological polar surface area (TPSA) is 72.2 Å². The van der Waals surface area contributed by atoms with Gasteiger partial charge < -0.3 is 5.73 Å². The van der Waals surface area contributed by atoms with Crippen molar-refractivity contribution in [3.05, 3.63) is 17.5 Å². The molecule has 1 aliphatic rings. The number of thiophene rings is 1. The third kappa shape index (κ3) is 3.42. The van der Waals surface area contributed by atoms with Crippen LogP contribution in [0, 0.1) is 5.92 Å². The molecule has 98 valence electrons. The number of rotatable bonds is 4. The molecule has 7 heteroatoms. The van der Waals surface area contributed by atoms with Gasteiger partial charge in [-0.3, -0.25) is 0 Å². The smallest absolute Gasteiger partial charge is 0.250 e. The summed E-state index contributed by atoms with van der Waals surface area (Å²) in [6.07, 6.45) is 2.97. The van der Waals surface area contributed by atoms with E-state index >= 15 is 0 Å². The van der Waals surface area contributed by atoms with E-state index < -0.39 is 10.0 Å². The van der Waals surface area contributed by atoms with Gasteiger partial charge in [-0.15, -0.1) is 23.7 Å². The lowest BCUT2D eigenvalue weighted by molar-refractivity contribution is 0.453. The van der Waals surface area contributed by atoms with Crippen molar-refractivity contribution in [2.45, 2.75) is 29.5 Å². The van der Waals surface area contributed by atoms with E-state index in [1.165, 1.54) is 11.3 Å². The minimum absolute atomic E-state index is 0. The highest BCUT2D eigenvalue weighted by Gasteiger charge is 2.30. The fourth-order valence-corrected chi connectivity index (χ4v) is 4.50. The van der Waals surface area contributed by atoms with Gasteiger partial charge in [0.25, 0.3) is 0 Å². The van der Waals surface area contributed by atoms with E-state index in [0.29, 0.717) is 10.8 Å². The molecule has 0 bridgehead atoms. The van der Waals surface area contributed by atoms with E-state index in [0.717, 1.165) is 19.3 Å². The molecule has 0 aliphatic heterocycles. The second-order valence-corrected chi connectivity index (χ2v) is 6.98. The molecule has 1 fully saturated rings. The third-order valence-corrected chi connectivity index (χ3v) is 5.92. The molecule has 0 radical (unpaired) electrons. The highest BCUT2D eigenvalue weighted by Crippen LogP contribution is 2.26. The Morgan fingerprint density at radius 1 is 1.47 bits per heavy atom. The molecule has 2 rings (SSSR count). The number of hydrogen-bond acceptors (Lipinski definition) is 4. The number of halogens is 1. The van der Waals surface area contributed by atoms with Crippen LogP contribution in [0.3, 0.4) is 0 Å². The summed E-state index contributed by atoms with van der Waals surface area (Å²) in [6.45, 7) is 0.553. The maximum Gasteiger partial charge on any atom is 0.250 e. The molecular formula is C10H17ClN2O2S2. The van der Waals surface area contributed by atoms with Gasteiger partial charge in [0.05, 0.1) is 0 Å². The number of hydrogen-bond donors (Lipinski definition) is 2. The van der Waals surface area contributed by atoms with E-state index in [-0.39, 0.29) is 24.4 Å². The summed E-state index contributed by atoms with van der Waals surface area (Å²) in [5.74, 6) is 0.287. The second kappa shape index (κ2) is 6.15. The molecule has 2 atom stereocenters. The SMILES string of the molecule is Cl.NCC1CCCC1NS(=O)(=O)c1cccs1. The molecule has 1 heterocycles. The maximum atomic E-state index is 12.0. The normalized spacial score (nSPS) is 24.5. The Bertz CT molecular complexity index is 433. The average molecular weight is 297 g/mol. The van der Waals surface area contributed by atoms with Crippen molar-refractivity contribution in [2.24, 2.45) is 11.7 Å². The van der Waals surface area contributed by atoms with Crippen molar-refractivity contribution in [1.82, 2.24) is 4.72 Å². The first-order valence-electron chi connectivity index (χ1n) is 5.39. The van der Waals surface area contributed by atoms with Crippen LogP contribution in [0.4, 0.5) is 0 Å². The highest BCUT2D eigenvalue weighted by atomic mass is 35.5. The van der Waals surface area contributed by atoms with Crippen molar-refractivity contribution in [3.8, 4) is 0 Å². The minimum atomic E-state index is -3.33. The third-order valence-electron chi connectivity index (χ3n) is 3.03. The second-order valence-electron chi connectivity index (χ2n) is 4.09. The summed E-state index contributed by atoms with van der Waals surface area (Å²) in [5.41, 5.74) is 5.63. The molecule has 3 N–H and O–H groups in total. The van der Waals surface area contributed by atoms with Crippen LogP contribution in [0.2, 0.25) is 0 Å². The molecule has 4 nitrogen and oxygen atoms in total. The summed E-state index contributed by atoms with van der Waals surface area (Å²) in [7, 11) is -3.33. The van der Waals surface area contributed by atoms with Crippen LogP contribution in [-0.4, -0.2) is 21.0 Å². The zero-order valence-electron chi connectivity index (χ0n) is 9.33. The Morgan fingerprint density at radius 3 is 2.82 bits per heavy atom. The Balaban J connectivity index is 0.00000144. The van der Waals surface area contributed by atoms with E-state index in [1.54, 1.807) is 17.5 Å². The zero-order valence-corrected chi connectivity index (χ0v) is 11.8. The molecule has 0 amide bonds. The van der Waals surface area contributed by atoms with Crippen LogP contribution in [0.1, 0.15) is 19.3 Å². The van der Waals surface area contributed by atoms with Gasteiger partial charge in [-0.2, -0.15) is 0 Å². The quantitative estimate of drug-likeness (QED) is 0.886. The predicted octanol–water partition coefficient (Wildman–Crippen LogP) is 1.58. The van der Waals surface area contributed by atoms with Crippen molar-refractivity contribution < 1.29 is 8.42 Å². The summed E-state index contributed by atoms with van der Waals surface area (Å²) in [6, 6.07) is 3.38.